The molecule has 0 amide bonds. The van der Waals surface area contributed by atoms with Gasteiger partial charge in [-0.2, -0.15) is 0 Å². The summed E-state index contributed by atoms with van der Waals surface area (Å²) in [6.07, 6.45) is 3.88. The maximum atomic E-state index is 3.68. The molecule has 1 radical (unpaired) electrons. The fraction of sp³-hybridized carbons (Fsp3) is 0.111. The molecule has 1 heteroatoms. The summed E-state index contributed by atoms with van der Waals surface area (Å²) in [6, 6.07) is 9.02. The SMILES string of the molecule is C=Cc1c[c]cc(SC)c1. The van der Waals surface area contributed by atoms with Gasteiger partial charge in [-0.25, -0.2) is 0 Å². The molecule has 0 bridgehead atoms. The Kier molecular flexibility index (Phi) is 2.57. The van der Waals surface area contributed by atoms with E-state index in [0.29, 0.717) is 0 Å². The largest absolute Gasteiger partial charge is 0.130 e. The van der Waals surface area contributed by atoms with Crippen molar-refractivity contribution < 1.29 is 0 Å². The van der Waals surface area contributed by atoms with Gasteiger partial charge in [-0.05, 0) is 36.1 Å². The number of rotatable bonds is 2. The van der Waals surface area contributed by atoms with E-state index < -0.39 is 0 Å². The highest BCUT2D eigenvalue weighted by Gasteiger charge is 1.88. The molecule has 0 nitrogen and oxygen atoms in total. The zero-order valence-electron chi connectivity index (χ0n) is 5.92. The Balaban J connectivity index is 2.98. The average molecular weight is 149 g/mol. The fourth-order valence-corrected chi connectivity index (χ4v) is 1.14. The Bertz CT molecular complexity index is 228. The summed E-state index contributed by atoms with van der Waals surface area (Å²) in [7, 11) is 0. The highest BCUT2D eigenvalue weighted by Crippen LogP contribution is 2.15. The average Bonchev–Trinajstić information content (AvgIpc) is 2.05. The summed E-state index contributed by atoms with van der Waals surface area (Å²) in [6.45, 7) is 3.68. The standard InChI is InChI=1S/C9H9S/c1-3-8-5-4-6-9(7-8)10-2/h3,5-7H,1H2,2H3. The van der Waals surface area contributed by atoms with Crippen LogP contribution in [-0.2, 0) is 0 Å². The smallest absolute Gasteiger partial charge is 0.00812 e. The van der Waals surface area contributed by atoms with Crippen LogP contribution in [0, 0.1) is 6.07 Å². The van der Waals surface area contributed by atoms with Crippen LogP contribution in [0.15, 0.2) is 29.7 Å². The molecule has 0 aliphatic heterocycles. The van der Waals surface area contributed by atoms with E-state index in [1.165, 1.54) is 4.90 Å². The highest BCUT2D eigenvalue weighted by molar-refractivity contribution is 7.98. The third-order valence-corrected chi connectivity index (χ3v) is 1.96. The van der Waals surface area contributed by atoms with Crippen LogP contribution in [0.1, 0.15) is 5.56 Å². The van der Waals surface area contributed by atoms with Crippen LogP contribution in [0.25, 0.3) is 6.08 Å². The van der Waals surface area contributed by atoms with E-state index in [1.54, 1.807) is 11.8 Å². The van der Waals surface area contributed by atoms with Crippen molar-refractivity contribution in [3.05, 3.63) is 36.4 Å². The third-order valence-electron chi connectivity index (χ3n) is 1.26. The summed E-state index contributed by atoms with van der Waals surface area (Å²) in [5.74, 6) is 0. The molecule has 0 fully saturated rings. The molecule has 1 aromatic carbocycles. The topological polar surface area (TPSA) is 0 Å². The van der Waals surface area contributed by atoms with Crippen molar-refractivity contribution in [1.29, 1.82) is 0 Å². The molecule has 10 heavy (non-hydrogen) atoms. The van der Waals surface area contributed by atoms with Crippen LogP contribution in [0.3, 0.4) is 0 Å². The molecule has 0 aliphatic rings. The van der Waals surface area contributed by atoms with Crippen molar-refractivity contribution in [1.82, 2.24) is 0 Å². The van der Waals surface area contributed by atoms with Crippen LogP contribution < -0.4 is 0 Å². The minimum absolute atomic E-state index is 1.13. The van der Waals surface area contributed by atoms with E-state index in [4.69, 9.17) is 0 Å². The molecule has 0 spiro atoms. The first-order valence-electron chi connectivity index (χ1n) is 3.04. The van der Waals surface area contributed by atoms with E-state index in [0.717, 1.165) is 5.56 Å². The van der Waals surface area contributed by atoms with Crippen LogP contribution in [-0.4, -0.2) is 6.26 Å². The van der Waals surface area contributed by atoms with Gasteiger partial charge in [-0.1, -0.05) is 12.7 Å². The van der Waals surface area contributed by atoms with Crippen molar-refractivity contribution in [3.8, 4) is 0 Å². The summed E-state index contributed by atoms with van der Waals surface area (Å²) in [4.78, 5) is 1.23. The summed E-state index contributed by atoms with van der Waals surface area (Å²) in [5, 5.41) is 0. The fourth-order valence-electron chi connectivity index (χ4n) is 0.703. The molecule has 0 atom stereocenters. The molecule has 0 unspecified atom stereocenters. The van der Waals surface area contributed by atoms with Crippen LogP contribution in [0.2, 0.25) is 0 Å². The molecule has 0 heterocycles. The van der Waals surface area contributed by atoms with Gasteiger partial charge in [0.15, 0.2) is 0 Å². The Morgan fingerprint density at radius 2 is 2.40 bits per heavy atom. The van der Waals surface area contributed by atoms with Gasteiger partial charge >= 0.3 is 0 Å². The highest BCUT2D eigenvalue weighted by atomic mass is 32.2. The Labute approximate surface area is 66.0 Å². The van der Waals surface area contributed by atoms with Gasteiger partial charge in [0.25, 0.3) is 0 Å². The third kappa shape index (κ3) is 1.64. The number of benzene rings is 1. The second kappa shape index (κ2) is 3.47. The van der Waals surface area contributed by atoms with Crippen LogP contribution in [0.5, 0.6) is 0 Å². The number of thioether (sulfide) groups is 1. The molecule has 0 aromatic heterocycles. The Morgan fingerprint density at radius 1 is 1.60 bits per heavy atom. The van der Waals surface area contributed by atoms with Gasteiger partial charge in [-0.15, -0.1) is 11.8 Å². The van der Waals surface area contributed by atoms with Crippen molar-refractivity contribution in [2.45, 2.75) is 4.90 Å². The first kappa shape index (κ1) is 7.42. The summed E-state index contributed by atoms with van der Waals surface area (Å²) >= 11 is 1.72. The molecule has 0 aliphatic carbocycles. The van der Waals surface area contributed by atoms with E-state index in [-0.39, 0.29) is 0 Å². The molecular formula is C9H9S. The predicted molar refractivity (Wildman–Crippen MR) is 47.2 cm³/mol. The normalized spacial score (nSPS) is 9.30. The second-order valence-corrected chi connectivity index (χ2v) is 2.79. The molecule has 51 valence electrons. The number of hydrogen-bond donors (Lipinski definition) is 0. The minimum atomic E-state index is 1.13. The van der Waals surface area contributed by atoms with Crippen LogP contribution in [0.4, 0.5) is 0 Å². The monoisotopic (exact) mass is 149 g/mol. The van der Waals surface area contributed by atoms with Crippen molar-refractivity contribution >= 4 is 17.8 Å². The molecular weight excluding hydrogens is 140 g/mol. The van der Waals surface area contributed by atoms with Crippen molar-refractivity contribution in [3.63, 3.8) is 0 Å². The maximum Gasteiger partial charge on any atom is 0.00812 e. The van der Waals surface area contributed by atoms with Crippen molar-refractivity contribution in [2.75, 3.05) is 6.26 Å². The van der Waals surface area contributed by atoms with E-state index in [1.807, 2.05) is 18.2 Å². The first-order valence-corrected chi connectivity index (χ1v) is 4.27. The molecule has 1 rings (SSSR count). The lowest BCUT2D eigenvalue weighted by Gasteiger charge is -1.95. The Morgan fingerprint density at radius 3 is 3.00 bits per heavy atom. The second-order valence-electron chi connectivity index (χ2n) is 1.91. The molecule has 1 aromatic rings. The van der Waals surface area contributed by atoms with Gasteiger partial charge in [0.2, 0.25) is 0 Å². The van der Waals surface area contributed by atoms with Gasteiger partial charge in [0.05, 0.1) is 0 Å². The minimum Gasteiger partial charge on any atom is -0.130 e. The molecule has 0 saturated carbocycles. The lowest BCUT2D eigenvalue weighted by Crippen LogP contribution is -1.72. The number of hydrogen-bond acceptors (Lipinski definition) is 1. The zero-order valence-corrected chi connectivity index (χ0v) is 6.74. The maximum absolute atomic E-state index is 3.68. The van der Waals surface area contributed by atoms with Gasteiger partial charge in [-0.3, -0.25) is 0 Å². The zero-order chi connectivity index (χ0) is 7.40. The van der Waals surface area contributed by atoms with E-state index in [9.17, 15) is 0 Å². The van der Waals surface area contributed by atoms with E-state index >= 15 is 0 Å². The van der Waals surface area contributed by atoms with Crippen LogP contribution >= 0.6 is 11.8 Å². The summed E-state index contributed by atoms with van der Waals surface area (Å²) < 4.78 is 0. The quantitative estimate of drug-likeness (QED) is 0.583. The lowest BCUT2D eigenvalue weighted by atomic mass is 10.2. The Hall–Kier alpha value is -0.690. The van der Waals surface area contributed by atoms with E-state index in [2.05, 4.69) is 25.0 Å². The first-order chi connectivity index (χ1) is 4.86. The van der Waals surface area contributed by atoms with Gasteiger partial charge in [0.1, 0.15) is 0 Å². The van der Waals surface area contributed by atoms with Gasteiger partial charge < -0.3 is 0 Å². The summed E-state index contributed by atoms with van der Waals surface area (Å²) in [5.41, 5.74) is 1.13. The predicted octanol–water partition coefficient (Wildman–Crippen LogP) is 2.85. The molecule has 0 saturated heterocycles. The lowest BCUT2D eigenvalue weighted by molar-refractivity contribution is 1.44. The van der Waals surface area contributed by atoms with Crippen molar-refractivity contribution in [2.24, 2.45) is 0 Å². The van der Waals surface area contributed by atoms with Gasteiger partial charge in [0, 0.05) is 4.90 Å². The molecule has 0 N–H and O–H groups in total.